The van der Waals surface area contributed by atoms with Crippen molar-refractivity contribution < 1.29 is 9.53 Å². The Morgan fingerprint density at radius 1 is 1.14 bits per heavy atom. The molecule has 1 aliphatic carbocycles. The van der Waals surface area contributed by atoms with Crippen molar-refractivity contribution in [2.75, 3.05) is 13.2 Å². The molecule has 1 atom stereocenters. The summed E-state index contributed by atoms with van der Waals surface area (Å²) in [5.41, 5.74) is 11.6. The van der Waals surface area contributed by atoms with Gasteiger partial charge in [-0.2, -0.15) is 5.26 Å². The van der Waals surface area contributed by atoms with Crippen molar-refractivity contribution in [3.05, 3.63) is 59.2 Å². The summed E-state index contributed by atoms with van der Waals surface area (Å²) < 4.78 is 5.29. The van der Waals surface area contributed by atoms with Crippen molar-refractivity contribution in [1.82, 2.24) is 5.32 Å². The summed E-state index contributed by atoms with van der Waals surface area (Å²) in [6.07, 6.45) is 3.46. The van der Waals surface area contributed by atoms with Crippen LogP contribution in [0.5, 0.6) is 0 Å². The molecule has 2 aliphatic rings. The molecule has 3 N–H and O–H groups in total. The highest BCUT2D eigenvalue weighted by Gasteiger charge is 2.36. The maximum absolute atomic E-state index is 12.6. The quantitative estimate of drug-likeness (QED) is 0.859. The van der Waals surface area contributed by atoms with Crippen molar-refractivity contribution in [2.24, 2.45) is 5.73 Å². The normalized spacial score (nSPS) is 18.3. The second kappa shape index (κ2) is 7.75. The molecule has 5 heteroatoms. The van der Waals surface area contributed by atoms with Gasteiger partial charge in [0.1, 0.15) is 6.04 Å². The molecule has 1 amide bonds. The fourth-order valence-electron chi connectivity index (χ4n) is 4.14. The molecule has 0 saturated carbocycles. The molecular weight excluding hydrogens is 350 g/mol. The Labute approximate surface area is 165 Å². The average molecular weight is 375 g/mol. The van der Waals surface area contributed by atoms with Gasteiger partial charge in [-0.25, -0.2) is 0 Å². The summed E-state index contributed by atoms with van der Waals surface area (Å²) in [5.74, 6) is -0.255. The van der Waals surface area contributed by atoms with Crippen LogP contribution in [0.1, 0.15) is 29.5 Å². The molecule has 0 radical (unpaired) electrons. The second-order valence-corrected chi connectivity index (χ2v) is 7.78. The molecule has 0 bridgehead atoms. The van der Waals surface area contributed by atoms with Gasteiger partial charge in [0.25, 0.3) is 0 Å². The smallest absolute Gasteiger partial charge is 0.241 e. The third-order valence-corrected chi connectivity index (χ3v) is 5.88. The van der Waals surface area contributed by atoms with Crippen LogP contribution in [-0.4, -0.2) is 30.7 Å². The molecule has 1 heterocycles. The lowest BCUT2D eigenvalue weighted by Crippen LogP contribution is -2.58. The number of rotatable bonds is 4. The summed E-state index contributed by atoms with van der Waals surface area (Å²) >= 11 is 0. The third-order valence-electron chi connectivity index (χ3n) is 5.88. The van der Waals surface area contributed by atoms with Gasteiger partial charge < -0.3 is 15.8 Å². The second-order valence-electron chi connectivity index (χ2n) is 7.78. The fraction of sp³-hybridized carbons (Fsp3) is 0.391. The van der Waals surface area contributed by atoms with Crippen LogP contribution in [0.3, 0.4) is 0 Å². The highest BCUT2D eigenvalue weighted by Crippen LogP contribution is 2.34. The molecule has 4 rings (SSSR count). The molecule has 1 aliphatic heterocycles. The number of carbonyl (C=O) groups is 1. The van der Waals surface area contributed by atoms with E-state index in [1.807, 2.05) is 0 Å². The zero-order chi connectivity index (χ0) is 19.6. The molecule has 0 spiro atoms. The number of ether oxygens (including phenoxy) is 1. The van der Waals surface area contributed by atoms with Crippen LogP contribution in [0.15, 0.2) is 42.5 Å². The van der Waals surface area contributed by atoms with Crippen LogP contribution in [0.4, 0.5) is 0 Å². The van der Waals surface area contributed by atoms with E-state index in [0.717, 1.165) is 18.4 Å². The van der Waals surface area contributed by atoms with E-state index < -0.39 is 11.6 Å². The lowest BCUT2D eigenvalue weighted by molar-refractivity contribution is -0.130. The van der Waals surface area contributed by atoms with Gasteiger partial charge in [-0.15, -0.1) is 0 Å². The maximum Gasteiger partial charge on any atom is 0.241 e. The number of hydrogen-bond donors (Lipinski definition) is 2. The Hall–Kier alpha value is -2.68. The Morgan fingerprint density at radius 2 is 1.86 bits per heavy atom. The minimum atomic E-state index is -0.938. The topological polar surface area (TPSA) is 88.1 Å². The molecule has 2 aromatic rings. The largest absolute Gasteiger partial charge is 0.381 e. The summed E-state index contributed by atoms with van der Waals surface area (Å²) in [7, 11) is 0. The number of amides is 1. The number of nitriles is 1. The van der Waals surface area contributed by atoms with E-state index in [4.69, 9.17) is 10.5 Å². The molecule has 0 unspecified atom stereocenters. The van der Waals surface area contributed by atoms with E-state index in [0.29, 0.717) is 32.5 Å². The van der Waals surface area contributed by atoms with Gasteiger partial charge in [0, 0.05) is 19.6 Å². The SMILES string of the molecule is N#C[C@H](Cc1ccc2c(c1)CCc1ccccc1-2)NC(=O)C1(N)CCOCC1. The maximum atomic E-state index is 12.6. The zero-order valence-electron chi connectivity index (χ0n) is 15.9. The lowest BCUT2D eigenvalue weighted by Gasteiger charge is -2.32. The zero-order valence-corrected chi connectivity index (χ0v) is 15.9. The number of benzene rings is 2. The summed E-state index contributed by atoms with van der Waals surface area (Å²) in [4.78, 5) is 12.6. The van der Waals surface area contributed by atoms with Gasteiger partial charge in [-0.05, 0) is 53.5 Å². The average Bonchev–Trinajstić information content (AvgIpc) is 2.73. The van der Waals surface area contributed by atoms with Crippen molar-refractivity contribution in [1.29, 1.82) is 5.26 Å². The summed E-state index contributed by atoms with van der Waals surface area (Å²) in [6, 6.07) is 16.5. The minimum Gasteiger partial charge on any atom is -0.381 e. The lowest BCUT2D eigenvalue weighted by atomic mass is 9.84. The Bertz CT molecular complexity index is 926. The predicted molar refractivity (Wildman–Crippen MR) is 108 cm³/mol. The first-order chi connectivity index (χ1) is 13.6. The Kier molecular flexibility index (Phi) is 5.17. The van der Waals surface area contributed by atoms with Crippen LogP contribution in [0, 0.1) is 11.3 Å². The summed E-state index contributed by atoms with van der Waals surface area (Å²) in [6.45, 7) is 0.959. The van der Waals surface area contributed by atoms with Gasteiger partial charge in [0.2, 0.25) is 5.91 Å². The molecular formula is C23H25N3O2. The van der Waals surface area contributed by atoms with Crippen molar-refractivity contribution in [3.8, 4) is 17.2 Å². The van der Waals surface area contributed by atoms with Gasteiger partial charge in [-0.1, -0.05) is 42.5 Å². The first kappa shape index (κ1) is 18.7. The van der Waals surface area contributed by atoms with Gasteiger partial charge in [-0.3, -0.25) is 4.79 Å². The van der Waals surface area contributed by atoms with Crippen LogP contribution < -0.4 is 11.1 Å². The fourth-order valence-corrected chi connectivity index (χ4v) is 4.14. The molecule has 1 fully saturated rings. The number of nitrogens with one attached hydrogen (secondary N) is 1. The number of aryl methyl sites for hydroxylation is 2. The van der Waals surface area contributed by atoms with Crippen LogP contribution in [0.2, 0.25) is 0 Å². The Balaban J connectivity index is 1.48. The number of fused-ring (bicyclic) bond motifs is 3. The van der Waals surface area contributed by atoms with E-state index in [1.54, 1.807) is 0 Å². The van der Waals surface area contributed by atoms with Crippen molar-refractivity contribution in [3.63, 3.8) is 0 Å². The monoisotopic (exact) mass is 375 g/mol. The molecule has 0 aromatic heterocycles. The first-order valence-electron chi connectivity index (χ1n) is 9.86. The number of nitrogens with two attached hydrogens (primary N) is 1. The number of carbonyl (C=O) groups excluding carboxylic acids is 1. The van der Waals surface area contributed by atoms with Crippen molar-refractivity contribution >= 4 is 5.91 Å². The van der Waals surface area contributed by atoms with Gasteiger partial charge >= 0.3 is 0 Å². The molecule has 2 aromatic carbocycles. The standard InChI is InChI=1S/C23H25N3O2/c24-15-19(26-22(27)23(25)9-11-28-12-10-23)14-16-5-8-21-18(13-16)7-6-17-3-1-2-4-20(17)21/h1-5,8,13,19H,6-7,9-12,14,25H2,(H,26,27)/t19-/m0/s1. The van der Waals surface area contributed by atoms with Crippen LogP contribution in [-0.2, 0) is 28.8 Å². The van der Waals surface area contributed by atoms with Crippen LogP contribution in [0.25, 0.3) is 11.1 Å². The van der Waals surface area contributed by atoms with E-state index in [2.05, 4.69) is 53.9 Å². The van der Waals surface area contributed by atoms with Gasteiger partial charge in [0.05, 0.1) is 11.6 Å². The van der Waals surface area contributed by atoms with E-state index >= 15 is 0 Å². The minimum absolute atomic E-state index is 0.255. The summed E-state index contributed by atoms with van der Waals surface area (Å²) in [5, 5.41) is 12.4. The molecule has 144 valence electrons. The van der Waals surface area contributed by atoms with Gasteiger partial charge in [0.15, 0.2) is 0 Å². The first-order valence-corrected chi connectivity index (χ1v) is 9.86. The van der Waals surface area contributed by atoms with E-state index in [-0.39, 0.29) is 5.91 Å². The predicted octanol–water partition coefficient (Wildman–Crippen LogP) is 2.51. The third kappa shape index (κ3) is 3.66. The van der Waals surface area contributed by atoms with E-state index in [1.165, 1.54) is 22.3 Å². The number of hydrogen-bond acceptors (Lipinski definition) is 4. The van der Waals surface area contributed by atoms with Crippen LogP contribution >= 0.6 is 0 Å². The number of nitrogens with zero attached hydrogens (tertiary/aromatic N) is 1. The highest BCUT2D eigenvalue weighted by atomic mass is 16.5. The molecule has 5 nitrogen and oxygen atoms in total. The van der Waals surface area contributed by atoms with Crippen molar-refractivity contribution in [2.45, 2.75) is 43.7 Å². The Morgan fingerprint density at radius 3 is 2.64 bits per heavy atom. The van der Waals surface area contributed by atoms with E-state index in [9.17, 15) is 10.1 Å². The molecule has 1 saturated heterocycles. The highest BCUT2D eigenvalue weighted by molar-refractivity contribution is 5.86. The molecule has 28 heavy (non-hydrogen) atoms.